The summed E-state index contributed by atoms with van der Waals surface area (Å²) in [5.41, 5.74) is 0. The van der Waals surface area contributed by atoms with Crippen LogP contribution in [-0.2, 0) is 0 Å². The summed E-state index contributed by atoms with van der Waals surface area (Å²) in [6.07, 6.45) is 8.08. The van der Waals surface area contributed by atoms with Crippen LogP contribution in [0.3, 0.4) is 0 Å². The van der Waals surface area contributed by atoms with Gasteiger partial charge in [0.2, 0.25) is 0 Å². The summed E-state index contributed by atoms with van der Waals surface area (Å²) in [4.78, 5) is 0. The van der Waals surface area contributed by atoms with Crippen molar-refractivity contribution in [1.82, 2.24) is 0 Å². The van der Waals surface area contributed by atoms with Gasteiger partial charge in [0, 0.05) is 10.5 Å². The van der Waals surface area contributed by atoms with Crippen LogP contribution in [0.2, 0.25) is 0 Å². The van der Waals surface area contributed by atoms with E-state index >= 15 is 0 Å². The molecular weight excluding hydrogens is 256 g/mol. The van der Waals surface area contributed by atoms with E-state index in [9.17, 15) is 0 Å². The lowest BCUT2D eigenvalue weighted by Crippen LogP contribution is -2.09. The molecule has 0 spiro atoms. The van der Waals surface area contributed by atoms with Gasteiger partial charge in [-0.15, -0.1) is 0 Å². The van der Waals surface area contributed by atoms with E-state index < -0.39 is 0 Å². The Labute approximate surface area is 124 Å². The van der Waals surface area contributed by atoms with Crippen LogP contribution in [-0.4, -0.2) is 10.5 Å². The molecule has 0 aromatic carbocycles. The van der Waals surface area contributed by atoms with Crippen LogP contribution in [0.5, 0.6) is 0 Å². The Morgan fingerprint density at radius 1 is 0.611 bits per heavy atom. The standard InChI is InChI=1S/C16H34S2/c1-7-13(5)11-15(9-3)17-18-16(10-4)12-14(6)8-2/h13-16H,7-12H2,1-6H3. The van der Waals surface area contributed by atoms with Crippen LogP contribution in [0.4, 0.5) is 0 Å². The van der Waals surface area contributed by atoms with E-state index in [4.69, 9.17) is 0 Å². The highest BCUT2D eigenvalue weighted by molar-refractivity contribution is 8.77. The van der Waals surface area contributed by atoms with Gasteiger partial charge in [-0.2, -0.15) is 0 Å². The summed E-state index contributed by atoms with van der Waals surface area (Å²) in [5.74, 6) is 1.77. The second-order valence-corrected chi connectivity index (χ2v) is 8.62. The Hall–Kier alpha value is 0.700. The molecule has 0 amide bonds. The number of hydrogen-bond acceptors (Lipinski definition) is 2. The predicted molar refractivity (Wildman–Crippen MR) is 91.5 cm³/mol. The molecule has 0 radical (unpaired) electrons. The molecule has 0 fully saturated rings. The van der Waals surface area contributed by atoms with Crippen LogP contribution in [0.15, 0.2) is 0 Å². The molecule has 0 aromatic heterocycles. The highest BCUT2D eigenvalue weighted by atomic mass is 33.1. The summed E-state index contributed by atoms with van der Waals surface area (Å²) in [6, 6.07) is 0. The van der Waals surface area contributed by atoms with Crippen molar-refractivity contribution in [3.63, 3.8) is 0 Å². The lowest BCUT2D eigenvalue weighted by molar-refractivity contribution is 0.499. The Balaban J connectivity index is 3.99. The maximum atomic E-state index is 2.39. The summed E-state index contributed by atoms with van der Waals surface area (Å²) < 4.78 is 0. The maximum absolute atomic E-state index is 2.39. The smallest absolute Gasteiger partial charge is 0.0151 e. The molecular formula is C16H34S2. The van der Waals surface area contributed by atoms with Crippen LogP contribution in [0, 0.1) is 11.8 Å². The largest absolute Gasteiger partial charge is 0.0904 e. The van der Waals surface area contributed by atoms with Crippen molar-refractivity contribution in [2.24, 2.45) is 11.8 Å². The third-order valence-electron chi connectivity index (χ3n) is 3.96. The van der Waals surface area contributed by atoms with Crippen molar-refractivity contribution in [2.45, 2.75) is 90.6 Å². The quantitative estimate of drug-likeness (QED) is 0.384. The first-order valence-corrected chi connectivity index (χ1v) is 10.2. The molecule has 0 aliphatic carbocycles. The SMILES string of the molecule is CCC(C)CC(CC)SSC(CC)CC(C)CC. The van der Waals surface area contributed by atoms with E-state index in [1.54, 1.807) is 0 Å². The highest BCUT2D eigenvalue weighted by Crippen LogP contribution is 2.39. The van der Waals surface area contributed by atoms with Crippen molar-refractivity contribution >= 4 is 21.6 Å². The lowest BCUT2D eigenvalue weighted by atomic mass is 10.0. The van der Waals surface area contributed by atoms with Crippen LogP contribution < -0.4 is 0 Å². The summed E-state index contributed by atoms with van der Waals surface area (Å²) >= 11 is 0. The van der Waals surface area contributed by atoms with E-state index in [0.717, 1.165) is 22.3 Å². The lowest BCUT2D eigenvalue weighted by Gasteiger charge is -2.22. The summed E-state index contributed by atoms with van der Waals surface area (Å²) in [6.45, 7) is 14.1. The van der Waals surface area contributed by atoms with E-state index in [1.807, 2.05) is 0 Å². The van der Waals surface area contributed by atoms with E-state index in [0.29, 0.717) is 0 Å². The molecule has 0 rings (SSSR count). The van der Waals surface area contributed by atoms with Crippen molar-refractivity contribution in [3.05, 3.63) is 0 Å². The minimum absolute atomic E-state index is 0.857. The van der Waals surface area contributed by atoms with Gasteiger partial charge < -0.3 is 0 Å². The van der Waals surface area contributed by atoms with Gasteiger partial charge in [-0.3, -0.25) is 0 Å². The molecule has 0 bridgehead atoms. The number of rotatable bonds is 11. The molecule has 0 nitrogen and oxygen atoms in total. The van der Waals surface area contributed by atoms with E-state index in [1.165, 1.54) is 38.5 Å². The van der Waals surface area contributed by atoms with Crippen molar-refractivity contribution in [2.75, 3.05) is 0 Å². The molecule has 0 aliphatic rings. The van der Waals surface area contributed by atoms with Gasteiger partial charge >= 0.3 is 0 Å². The maximum Gasteiger partial charge on any atom is 0.0151 e. The van der Waals surface area contributed by atoms with Gasteiger partial charge in [0.25, 0.3) is 0 Å². The van der Waals surface area contributed by atoms with Gasteiger partial charge in [0.05, 0.1) is 0 Å². The Morgan fingerprint density at radius 2 is 0.944 bits per heavy atom. The second kappa shape index (κ2) is 11.5. The molecule has 4 atom stereocenters. The zero-order valence-electron chi connectivity index (χ0n) is 13.4. The van der Waals surface area contributed by atoms with Gasteiger partial charge in [-0.25, -0.2) is 0 Å². The normalized spacial score (nSPS) is 18.3. The van der Waals surface area contributed by atoms with Gasteiger partial charge in [0.15, 0.2) is 0 Å². The molecule has 0 saturated carbocycles. The summed E-state index contributed by atoms with van der Waals surface area (Å²) in [7, 11) is 4.33. The Kier molecular flexibility index (Phi) is 12.0. The molecule has 0 heterocycles. The van der Waals surface area contributed by atoms with Crippen LogP contribution >= 0.6 is 21.6 Å². The zero-order chi connectivity index (χ0) is 14.0. The minimum atomic E-state index is 0.857. The monoisotopic (exact) mass is 290 g/mol. The Bertz CT molecular complexity index is 162. The third kappa shape index (κ3) is 8.74. The Morgan fingerprint density at radius 3 is 1.17 bits per heavy atom. The molecule has 0 saturated heterocycles. The number of hydrogen-bond donors (Lipinski definition) is 0. The van der Waals surface area contributed by atoms with Crippen molar-refractivity contribution in [3.8, 4) is 0 Å². The van der Waals surface area contributed by atoms with Gasteiger partial charge in [0.1, 0.15) is 0 Å². The third-order valence-corrected chi connectivity index (χ3v) is 7.64. The minimum Gasteiger partial charge on any atom is -0.0904 e. The van der Waals surface area contributed by atoms with Crippen molar-refractivity contribution < 1.29 is 0 Å². The molecule has 4 unspecified atom stereocenters. The molecule has 110 valence electrons. The predicted octanol–water partition coefficient (Wildman–Crippen LogP) is 6.80. The molecule has 0 aromatic rings. The molecule has 2 heteroatoms. The van der Waals surface area contributed by atoms with E-state index in [-0.39, 0.29) is 0 Å². The highest BCUT2D eigenvalue weighted by Gasteiger charge is 2.16. The van der Waals surface area contributed by atoms with Crippen molar-refractivity contribution in [1.29, 1.82) is 0 Å². The fraction of sp³-hybridized carbons (Fsp3) is 1.00. The van der Waals surface area contributed by atoms with Gasteiger partial charge in [-0.1, -0.05) is 76.0 Å². The first kappa shape index (κ1) is 18.7. The van der Waals surface area contributed by atoms with Gasteiger partial charge in [-0.05, 0) is 37.5 Å². The molecule has 0 N–H and O–H groups in total. The fourth-order valence-corrected chi connectivity index (χ4v) is 5.57. The average Bonchev–Trinajstić information content (AvgIpc) is 2.40. The first-order valence-electron chi connectivity index (χ1n) is 7.89. The molecule has 18 heavy (non-hydrogen) atoms. The first-order chi connectivity index (χ1) is 8.57. The topological polar surface area (TPSA) is 0 Å². The summed E-state index contributed by atoms with van der Waals surface area (Å²) in [5, 5.41) is 1.71. The fourth-order valence-electron chi connectivity index (χ4n) is 1.94. The zero-order valence-corrected chi connectivity index (χ0v) is 15.0. The average molecular weight is 291 g/mol. The second-order valence-electron chi connectivity index (χ2n) is 5.75. The van der Waals surface area contributed by atoms with E-state index in [2.05, 4.69) is 63.1 Å². The van der Waals surface area contributed by atoms with Crippen LogP contribution in [0.1, 0.15) is 80.1 Å². The molecule has 0 aliphatic heterocycles. The van der Waals surface area contributed by atoms with Crippen LogP contribution in [0.25, 0.3) is 0 Å².